The van der Waals surface area contributed by atoms with Gasteiger partial charge in [-0.05, 0) is 31.2 Å². The minimum absolute atomic E-state index is 0.226. The van der Waals surface area contributed by atoms with Gasteiger partial charge in [-0.3, -0.25) is 0 Å². The van der Waals surface area contributed by atoms with E-state index in [9.17, 15) is 0 Å². The van der Waals surface area contributed by atoms with E-state index in [0.29, 0.717) is 5.41 Å². The van der Waals surface area contributed by atoms with Gasteiger partial charge in [0.1, 0.15) is 0 Å². The van der Waals surface area contributed by atoms with Crippen LogP contribution in [0.15, 0.2) is 0 Å². The highest BCUT2D eigenvalue weighted by molar-refractivity contribution is 5.08. The van der Waals surface area contributed by atoms with E-state index < -0.39 is 0 Å². The van der Waals surface area contributed by atoms with E-state index >= 15 is 0 Å². The summed E-state index contributed by atoms with van der Waals surface area (Å²) in [5, 5.41) is 0. The molecule has 2 nitrogen and oxygen atoms in total. The molecule has 2 heteroatoms. The Bertz CT molecular complexity index is 145. The van der Waals surface area contributed by atoms with Crippen LogP contribution in [0, 0.1) is 5.41 Å². The lowest BCUT2D eigenvalue weighted by molar-refractivity contribution is -0.0166. The van der Waals surface area contributed by atoms with Crippen LogP contribution in [0.1, 0.15) is 26.2 Å². The highest BCUT2D eigenvalue weighted by Crippen LogP contribution is 2.58. The standard InChI is InChI=1S/C8H15NO/c1-7-4-8(5-7,2-3-9)10-6-7/h2-6,9H2,1H3. The first-order chi connectivity index (χ1) is 4.68. The molecule has 3 aliphatic rings. The van der Waals surface area contributed by atoms with Crippen molar-refractivity contribution in [2.24, 2.45) is 11.1 Å². The quantitative estimate of drug-likeness (QED) is 0.620. The fourth-order valence-corrected chi connectivity index (χ4v) is 2.55. The molecule has 2 aliphatic heterocycles. The van der Waals surface area contributed by atoms with E-state index in [2.05, 4.69) is 6.92 Å². The first-order valence-electron chi connectivity index (χ1n) is 4.02. The Morgan fingerprint density at radius 2 is 2.20 bits per heavy atom. The Morgan fingerprint density at radius 1 is 1.50 bits per heavy atom. The van der Waals surface area contributed by atoms with Crippen LogP contribution < -0.4 is 5.73 Å². The molecule has 0 aromatic carbocycles. The van der Waals surface area contributed by atoms with Crippen molar-refractivity contribution in [2.45, 2.75) is 31.8 Å². The minimum atomic E-state index is 0.226. The van der Waals surface area contributed by atoms with Crippen LogP contribution in [0.2, 0.25) is 0 Å². The van der Waals surface area contributed by atoms with Crippen molar-refractivity contribution in [2.75, 3.05) is 13.2 Å². The third kappa shape index (κ3) is 0.722. The van der Waals surface area contributed by atoms with Gasteiger partial charge in [0.15, 0.2) is 0 Å². The summed E-state index contributed by atoms with van der Waals surface area (Å²) in [7, 11) is 0. The zero-order valence-electron chi connectivity index (χ0n) is 6.52. The summed E-state index contributed by atoms with van der Waals surface area (Å²) in [6, 6.07) is 0. The Labute approximate surface area is 61.7 Å². The molecule has 0 aromatic rings. The Morgan fingerprint density at radius 3 is 2.60 bits per heavy atom. The van der Waals surface area contributed by atoms with Gasteiger partial charge in [-0.25, -0.2) is 0 Å². The third-order valence-electron chi connectivity index (χ3n) is 2.82. The highest BCUT2D eigenvalue weighted by Gasteiger charge is 2.58. The molecule has 0 radical (unpaired) electrons. The summed E-state index contributed by atoms with van der Waals surface area (Å²) < 4.78 is 5.68. The number of ether oxygens (including phenoxy) is 1. The second-order valence-electron chi connectivity index (χ2n) is 4.17. The zero-order valence-corrected chi connectivity index (χ0v) is 6.52. The van der Waals surface area contributed by atoms with Crippen molar-refractivity contribution in [3.8, 4) is 0 Å². The second-order valence-corrected chi connectivity index (χ2v) is 4.17. The SMILES string of the molecule is CC12COC(CCN)(C1)C2. The van der Waals surface area contributed by atoms with E-state index in [-0.39, 0.29) is 5.60 Å². The highest BCUT2D eigenvalue weighted by atomic mass is 16.5. The lowest BCUT2D eigenvalue weighted by Gasteiger charge is -2.42. The van der Waals surface area contributed by atoms with Gasteiger partial charge in [0.05, 0.1) is 12.2 Å². The summed E-state index contributed by atoms with van der Waals surface area (Å²) in [5.41, 5.74) is 6.23. The fourth-order valence-electron chi connectivity index (χ4n) is 2.55. The van der Waals surface area contributed by atoms with Crippen molar-refractivity contribution in [1.82, 2.24) is 0 Å². The van der Waals surface area contributed by atoms with Crippen LogP contribution in [0.25, 0.3) is 0 Å². The van der Waals surface area contributed by atoms with E-state index in [1.807, 2.05) is 0 Å². The molecule has 2 bridgehead atoms. The molecule has 0 spiro atoms. The van der Waals surface area contributed by atoms with Crippen molar-refractivity contribution in [3.63, 3.8) is 0 Å². The molecule has 1 saturated carbocycles. The van der Waals surface area contributed by atoms with E-state index in [4.69, 9.17) is 10.5 Å². The molecule has 2 saturated heterocycles. The molecule has 2 N–H and O–H groups in total. The average Bonchev–Trinajstić information content (AvgIpc) is 2.21. The van der Waals surface area contributed by atoms with Crippen molar-refractivity contribution < 1.29 is 4.74 Å². The summed E-state index contributed by atoms with van der Waals surface area (Å²) >= 11 is 0. The van der Waals surface area contributed by atoms with Gasteiger partial charge in [-0.2, -0.15) is 0 Å². The summed E-state index contributed by atoms with van der Waals surface area (Å²) in [4.78, 5) is 0. The van der Waals surface area contributed by atoms with Crippen LogP contribution >= 0.6 is 0 Å². The summed E-state index contributed by atoms with van der Waals surface area (Å²) in [6.07, 6.45) is 3.55. The second kappa shape index (κ2) is 1.74. The summed E-state index contributed by atoms with van der Waals surface area (Å²) in [6.45, 7) is 4.04. The third-order valence-corrected chi connectivity index (χ3v) is 2.82. The molecular formula is C8H15NO. The van der Waals surface area contributed by atoms with Gasteiger partial charge >= 0.3 is 0 Å². The van der Waals surface area contributed by atoms with Gasteiger partial charge < -0.3 is 10.5 Å². The molecule has 10 heavy (non-hydrogen) atoms. The number of nitrogens with two attached hydrogens (primary N) is 1. The minimum Gasteiger partial charge on any atom is -0.374 e. The molecule has 0 aromatic heterocycles. The average molecular weight is 141 g/mol. The largest absolute Gasteiger partial charge is 0.374 e. The number of rotatable bonds is 2. The Balaban J connectivity index is 2.00. The van der Waals surface area contributed by atoms with Crippen molar-refractivity contribution in [1.29, 1.82) is 0 Å². The topological polar surface area (TPSA) is 35.2 Å². The molecule has 58 valence electrons. The van der Waals surface area contributed by atoms with Crippen LogP contribution in [0.5, 0.6) is 0 Å². The van der Waals surface area contributed by atoms with Gasteiger partial charge in [0, 0.05) is 0 Å². The van der Waals surface area contributed by atoms with Crippen molar-refractivity contribution in [3.05, 3.63) is 0 Å². The summed E-state index contributed by atoms with van der Waals surface area (Å²) in [5.74, 6) is 0. The van der Waals surface area contributed by atoms with Gasteiger partial charge in [-0.1, -0.05) is 6.92 Å². The van der Waals surface area contributed by atoms with E-state index in [1.54, 1.807) is 0 Å². The molecule has 3 fully saturated rings. The maximum atomic E-state index is 5.68. The molecule has 0 amide bonds. The molecule has 1 aliphatic carbocycles. The number of fused-ring (bicyclic) bond motifs is 1. The molecular weight excluding hydrogens is 126 g/mol. The maximum absolute atomic E-state index is 5.68. The Hall–Kier alpha value is -0.0800. The van der Waals surface area contributed by atoms with E-state index in [0.717, 1.165) is 19.6 Å². The lowest BCUT2D eigenvalue weighted by atomic mass is 9.63. The lowest BCUT2D eigenvalue weighted by Crippen LogP contribution is -2.43. The smallest absolute Gasteiger partial charge is 0.0707 e. The number of hydrogen-bond acceptors (Lipinski definition) is 2. The monoisotopic (exact) mass is 141 g/mol. The van der Waals surface area contributed by atoms with Gasteiger partial charge in [-0.15, -0.1) is 0 Å². The first-order valence-corrected chi connectivity index (χ1v) is 4.02. The van der Waals surface area contributed by atoms with Gasteiger partial charge in [0.2, 0.25) is 0 Å². The number of hydrogen-bond donors (Lipinski definition) is 1. The van der Waals surface area contributed by atoms with E-state index in [1.165, 1.54) is 12.8 Å². The Kier molecular flexibility index (Phi) is 1.15. The maximum Gasteiger partial charge on any atom is 0.0707 e. The van der Waals surface area contributed by atoms with Gasteiger partial charge in [0.25, 0.3) is 0 Å². The predicted octanol–water partition coefficient (Wildman–Crippen LogP) is 0.904. The predicted molar refractivity (Wildman–Crippen MR) is 39.7 cm³/mol. The van der Waals surface area contributed by atoms with Crippen molar-refractivity contribution >= 4 is 0 Å². The molecule has 0 unspecified atom stereocenters. The van der Waals surface area contributed by atoms with Crippen LogP contribution in [0.3, 0.4) is 0 Å². The molecule has 0 atom stereocenters. The van der Waals surface area contributed by atoms with Crippen LogP contribution in [-0.2, 0) is 4.74 Å². The fraction of sp³-hybridized carbons (Fsp3) is 1.00. The normalized spacial score (nSPS) is 51.0. The van der Waals surface area contributed by atoms with Crippen LogP contribution in [-0.4, -0.2) is 18.8 Å². The molecule has 3 rings (SSSR count). The first kappa shape index (κ1) is 6.62. The molecule has 2 heterocycles. The zero-order chi connectivity index (χ0) is 7.24. The van der Waals surface area contributed by atoms with Crippen LogP contribution in [0.4, 0.5) is 0 Å².